The lowest BCUT2D eigenvalue weighted by atomic mass is 10.1. The third kappa shape index (κ3) is 3.63. The van der Waals surface area contributed by atoms with Crippen molar-refractivity contribution in [3.8, 4) is 0 Å². The van der Waals surface area contributed by atoms with Crippen molar-refractivity contribution in [3.05, 3.63) is 32.9 Å². The molecule has 0 radical (unpaired) electrons. The first-order valence-corrected chi connectivity index (χ1v) is 7.41. The predicted molar refractivity (Wildman–Crippen MR) is 78.2 cm³/mol. The van der Waals surface area contributed by atoms with Crippen LogP contribution >= 0.6 is 27.3 Å². The number of halogens is 1. The number of hydrogen-bond donors (Lipinski definition) is 1. The molecular formula is C12H15BrN4OS. The van der Waals surface area contributed by atoms with Gasteiger partial charge >= 0.3 is 0 Å². The van der Waals surface area contributed by atoms with Crippen LogP contribution in [0.3, 0.4) is 0 Å². The minimum absolute atomic E-state index is 0.124. The van der Waals surface area contributed by atoms with Crippen molar-refractivity contribution < 1.29 is 4.79 Å². The van der Waals surface area contributed by atoms with Crippen molar-refractivity contribution in [2.75, 3.05) is 0 Å². The number of thiazole rings is 1. The lowest BCUT2D eigenvalue weighted by molar-refractivity contribution is 0.0951. The third-order valence-electron chi connectivity index (χ3n) is 2.48. The molecule has 102 valence electrons. The monoisotopic (exact) mass is 342 g/mol. The molecule has 0 spiro atoms. The van der Waals surface area contributed by atoms with E-state index in [1.54, 1.807) is 23.3 Å². The summed E-state index contributed by atoms with van der Waals surface area (Å²) in [5.74, 6) is -0.125. The van der Waals surface area contributed by atoms with Gasteiger partial charge in [0.05, 0.1) is 23.8 Å². The molecule has 1 N–H and O–H groups in total. The Bertz CT molecular complexity index is 585. The fraction of sp³-hybridized carbons (Fsp3) is 0.417. The zero-order valence-corrected chi connectivity index (χ0v) is 13.4. The third-order valence-corrected chi connectivity index (χ3v) is 3.96. The molecule has 2 aromatic heterocycles. The minimum atomic E-state index is -0.125. The first kappa shape index (κ1) is 14.2. The fourth-order valence-electron chi connectivity index (χ4n) is 1.44. The Morgan fingerprint density at radius 2 is 2.21 bits per heavy atom. The summed E-state index contributed by atoms with van der Waals surface area (Å²) < 4.78 is 2.60. The summed E-state index contributed by atoms with van der Waals surface area (Å²) >= 11 is 4.79. The van der Waals surface area contributed by atoms with E-state index in [2.05, 4.69) is 31.3 Å². The van der Waals surface area contributed by atoms with Gasteiger partial charge in [0.25, 0.3) is 5.91 Å². The van der Waals surface area contributed by atoms with Crippen LogP contribution in [-0.2, 0) is 12.1 Å². The number of hydrogen-bond acceptors (Lipinski definition) is 4. The minimum Gasteiger partial charge on any atom is -0.347 e. The number of nitrogens with one attached hydrogen (secondary N) is 1. The van der Waals surface area contributed by atoms with Crippen LogP contribution in [-0.4, -0.2) is 20.7 Å². The van der Waals surface area contributed by atoms with Gasteiger partial charge in [0.2, 0.25) is 0 Å². The largest absolute Gasteiger partial charge is 0.347 e. The standard InChI is InChI=1S/C12H15BrN4OS/c1-12(2,3)17-7-8(4-16-17)10(18)14-5-9-6-15-11(13)19-9/h4,6-7H,5H2,1-3H3,(H,14,18). The highest BCUT2D eigenvalue weighted by atomic mass is 79.9. The van der Waals surface area contributed by atoms with Gasteiger partial charge in [-0.15, -0.1) is 11.3 Å². The van der Waals surface area contributed by atoms with E-state index in [4.69, 9.17) is 0 Å². The quantitative estimate of drug-likeness (QED) is 0.932. The van der Waals surface area contributed by atoms with Crippen LogP contribution < -0.4 is 5.32 Å². The number of aromatic nitrogens is 3. The average molecular weight is 343 g/mol. The predicted octanol–water partition coefficient (Wildman–Crippen LogP) is 2.79. The summed E-state index contributed by atoms with van der Waals surface area (Å²) in [7, 11) is 0. The van der Waals surface area contributed by atoms with E-state index in [0.29, 0.717) is 12.1 Å². The first-order valence-electron chi connectivity index (χ1n) is 5.80. The summed E-state index contributed by atoms with van der Waals surface area (Å²) in [6.45, 7) is 6.59. The molecule has 19 heavy (non-hydrogen) atoms. The molecule has 2 aromatic rings. The van der Waals surface area contributed by atoms with Crippen molar-refractivity contribution in [2.45, 2.75) is 32.9 Å². The Morgan fingerprint density at radius 3 is 2.74 bits per heavy atom. The SMILES string of the molecule is CC(C)(C)n1cc(C(=O)NCc2cnc(Br)s2)cn1. The van der Waals surface area contributed by atoms with Crippen LogP contribution in [0.5, 0.6) is 0 Å². The molecule has 0 aliphatic heterocycles. The van der Waals surface area contributed by atoms with Gasteiger partial charge in [0, 0.05) is 17.3 Å². The molecular weight excluding hydrogens is 328 g/mol. The molecule has 0 fully saturated rings. The van der Waals surface area contributed by atoms with E-state index >= 15 is 0 Å². The van der Waals surface area contributed by atoms with Crippen LogP contribution in [0.25, 0.3) is 0 Å². The van der Waals surface area contributed by atoms with Gasteiger partial charge in [0.1, 0.15) is 0 Å². The van der Waals surface area contributed by atoms with Gasteiger partial charge in [-0.25, -0.2) is 4.98 Å². The van der Waals surface area contributed by atoms with Crippen molar-refractivity contribution in [1.82, 2.24) is 20.1 Å². The summed E-state index contributed by atoms with van der Waals surface area (Å²) in [5.41, 5.74) is 0.444. The molecule has 7 heteroatoms. The number of nitrogens with zero attached hydrogens (tertiary/aromatic N) is 3. The van der Waals surface area contributed by atoms with E-state index < -0.39 is 0 Å². The Labute approximate surface area is 124 Å². The second-order valence-corrected chi connectivity index (χ2v) is 7.50. The lowest BCUT2D eigenvalue weighted by Gasteiger charge is -2.18. The van der Waals surface area contributed by atoms with Gasteiger partial charge in [-0.3, -0.25) is 9.48 Å². The highest BCUT2D eigenvalue weighted by Gasteiger charge is 2.16. The lowest BCUT2D eigenvalue weighted by Crippen LogP contribution is -2.23. The number of carbonyl (C=O) groups is 1. The maximum Gasteiger partial charge on any atom is 0.254 e. The summed E-state index contributed by atoms with van der Waals surface area (Å²) in [6.07, 6.45) is 5.09. The molecule has 2 heterocycles. The normalized spacial score (nSPS) is 11.6. The van der Waals surface area contributed by atoms with Crippen molar-refractivity contribution in [1.29, 1.82) is 0 Å². The zero-order chi connectivity index (χ0) is 14.0. The fourth-order valence-corrected chi connectivity index (χ4v) is 2.74. The molecule has 0 aliphatic carbocycles. The Morgan fingerprint density at radius 1 is 1.47 bits per heavy atom. The van der Waals surface area contributed by atoms with Crippen LogP contribution in [0.2, 0.25) is 0 Å². The number of amides is 1. The zero-order valence-electron chi connectivity index (χ0n) is 11.0. The van der Waals surface area contributed by atoms with Gasteiger partial charge in [-0.1, -0.05) is 0 Å². The maximum atomic E-state index is 12.0. The van der Waals surface area contributed by atoms with E-state index in [1.165, 1.54) is 11.3 Å². The topological polar surface area (TPSA) is 59.8 Å². The molecule has 0 unspecified atom stereocenters. The molecule has 2 rings (SSSR count). The molecule has 0 aliphatic rings. The summed E-state index contributed by atoms with van der Waals surface area (Å²) in [5, 5.41) is 7.06. The molecule has 0 atom stereocenters. The summed E-state index contributed by atoms with van der Waals surface area (Å²) in [4.78, 5) is 17.0. The van der Waals surface area contributed by atoms with Crippen molar-refractivity contribution >= 4 is 33.2 Å². The number of carbonyl (C=O) groups excluding carboxylic acids is 1. The highest BCUT2D eigenvalue weighted by molar-refractivity contribution is 9.11. The van der Waals surface area contributed by atoms with E-state index in [0.717, 1.165) is 8.79 Å². The van der Waals surface area contributed by atoms with Gasteiger partial charge in [-0.2, -0.15) is 5.10 Å². The van der Waals surface area contributed by atoms with E-state index in [1.807, 2.05) is 20.8 Å². The second-order valence-electron chi connectivity index (χ2n) is 5.11. The number of rotatable bonds is 3. The first-order chi connectivity index (χ1) is 8.86. The molecule has 5 nitrogen and oxygen atoms in total. The second kappa shape index (κ2) is 5.42. The Balaban J connectivity index is 1.98. The van der Waals surface area contributed by atoms with Gasteiger partial charge < -0.3 is 5.32 Å². The van der Waals surface area contributed by atoms with Crippen LogP contribution in [0.15, 0.2) is 22.5 Å². The van der Waals surface area contributed by atoms with Crippen LogP contribution in [0.1, 0.15) is 36.0 Å². The smallest absolute Gasteiger partial charge is 0.254 e. The van der Waals surface area contributed by atoms with E-state index in [-0.39, 0.29) is 11.4 Å². The van der Waals surface area contributed by atoms with Gasteiger partial charge in [0.15, 0.2) is 3.92 Å². The highest BCUT2D eigenvalue weighted by Crippen LogP contribution is 2.18. The van der Waals surface area contributed by atoms with Crippen molar-refractivity contribution in [2.24, 2.45) is 0 Å². The van der Waals surface area contributed by atoms with Crippen LogP contribution in [0, 0.1) is 0 Å². The Kier molecular flexibility index (Phi) is 4.05. The molecule has 0 saturated carbocycles. The molecule has 1 amide bonds. The molecule has 0 bridgehead atoms. The van der Waals surface area contributed by atoms with E-state index in [9.17, 15) is 4.79 Å². The van der Waals surface area contributed by atoms with Crippen molar-refractivity contribution in [3.63, 3.8) is 0 Å². The maximum absolute atomic E-state index is 12.0. The Hall–Kier alpha value is -1.21. The summed E-state index contributed by atoms with van der Waals surface area (Å²) in [6, 6.07) is 0. The molecule has 0 aromatic carbocycles. The average Bonchev–Trinajstić information content (AvgIpc) is 2.93. The molecule has 0 saturated heterocycles. The van der Waals surface area contributed by atoms with Crippen LogP contribution in [0.4, 0.5) is 0 Å². The van der Waals surface area contributed by atoms with Gasteiger partial charge in [-0.05, 0) is 36.7 Å².